The van der Waals surface area contributed by atoms with Gasteiger partial charge in [0.05, 0.1) is 6.42 Å². The Bertz CT molecular complexity index is 667. The lowest BCUT2D eigenvalue weighted by molar-refractivity contribution is -0.148. The van der Waals surface area contributed by atoms with Crippen LogP contribution in [0.15, 0.2) is 30.4 Å². The van der Waals surface area contributed by atoms with E-state index in [0.717, 1.165) is 24.0 Å². The molecule has 0 unspecified atom stereocenters. The highest BCUT2D eigenvalue weighted by Crippen LogP contribution is 2.20. The van der Waals surface area contributed by atoms with Crippen LogP contribution in [-0.4, -0.2) is 24.5 Å². The Labute approximate surface area is 141 Å². The summed E-state index contributed by atoms with van der Waals surface area (Å²) in [7, 11) is 0. The monoisotopic (exact) mass is 330 g/mol. The van der Waals surface area contributed by atoms with Gasteiger partial charge in [-0.15, -0.1) is 0 Å². The van der Waals surface area contributed by atoms with Gasteiger partial charge in [0.15, 0.2) is 6.61 Å². The molecule has 0 aliphatic heterocycles. The molecule has 128 valence electrons. The van der Waals surface area contributed by atoms with Gasteiger partial charge in [-0.2, -0.15) is 0 Å². The first-order valence-corrected chi connectivity index (χ1v) is 7.94. The van der Waals surface area contributed by atoms with E-state index in [2.05, 4.69) is 10.6 Å². The molecule has 0 saturated heterocycles. The minimum absolute atomic E-state index is 0.188. The van der Waals surface area contributed by atoms with E-state index < -0.39 is 24.5 Å². The lowest BCUT2D eigenvalue weighted by atomic mass is 10.1. The second-order valence-electron chi connectivity index (χ2n) is 5.95. The number of rotatable bonds is 5. The Balaban J connectivity index is 1.72. The van der Waals surface area contributed by atoms with Gasteiger partial charge in [0.2, 0.25) is 0 Å². The Morgan fingerprint density at radius 3 is 2.71 bits per heavy atom. The number of imide groups is 1. The average Bonchev–Trinajstić information content (AvgIpc) is 3.01. The standard InChI is InChI=1S/C18H22N2O4/c1-12-7-8-15(13(2)9-12)19-18(23)20-16(21)11-24-17(22)10-14-5-3-4-6-14/h3,5,7-9,14H,4,6,10-11H2,1-2H3,(H2,19,20,21,23)/t14-/m0/s1. The third kappa shape index (κ3) is 5.53. The zero-order chi connectivity index (χ0) is 17.5. The summed E-state index contributed by atoms with van der Waals surface area (Å²) in [4.78, 5) is 35.1. The van der Waals surface area contributed by atoms with Gasteiger partial charge >= 0.3 is 12.0 Å². The Morgan fingerprint density at radius 2 is 2.04 bits per heavy atom. The number of ether oxygens (including phenoxy) is 1. The van der Waals surface area contributed by atoms with E-state index in [1.54, 1.807) is 6.07 Å². The third-order valence-corrected chi connectivity index (χ3v) is 3.79. The van der Waals surface area contributed by atoms with E-state index in [0.29, 0.717) is 5.69 Å². The average molecular weight is 330 g/mol. The first kappa shape index (κ1) is 17.7. The summed E-state index contributed by atoms with van der Waals surface area (Å²) in [5, 5.41) is 4.73. The maximum Gasteiger partial charge on any atom is 0.325 e. The molecule has 6 nitrogen and oxygen atoms in total. The molecule has 0 aromatic heterocycles. The molecule has 0 radical (unpaired) electrons. The van der Waals surface area contributed by atoms with E-state index in [9.17, 15) is 14.4 Å². The fourth-order valence-corrected chi connectivity index (χ4v) is 2.55. The molecule has 0 saturated carbocycles. The molecule has 24 heavy (non-hydrogen) atoms. The molecule has 1 aromatic rings. The molecular formula is C18H22N2O4. The van der Waals surface area contributed by atoms with Crippen molar-refractivity contribution in [1.82, 2.24) is 5.32 Å². The quantitative estimate of drug-likeness (QED) is 0.642. The highest BCUT2D eigenvalue weighted by atomic mass is 16.5. The largest absolute Gasteiger partial charge is 0.456 e. The molecule has 2 rings (SSSR count). The molecule has 1 atom stereocenters. The molecule has 1 aromatic carbocycles. The third-order valence-electron chi connectivity index (χ3n) is 3.79. The van der Waals surface area contributed by atoms with E-state index in [4.69, 9.17) is 4.74 Å². The predicted molar refractivity (Wildman–Crippen MR) is 90.5 cm³/mol. The maximum atomic E-state index is 11.8. The van der Waals surface area contributed by atoms with Crippen molar-refractivity contribution in [1.29, 1.82) is 0 Å². The maximum absolute atomic E-state index is 11.8. The highest BCUT2D eigenvalue weighted by Gasteiger charge is 2.16. The molecule has 2 N–H and O–H groups in total. The number of hydrogen-bond acceptors (Lipinski definition) is 4. The molecule has 0 fully saturated rings. The number of allylic oxidation sites excluding steroid dienone is 2. The summed E-state index contributed by atoms with van der Waals surface area (Å²) in [6.07, 6.45) is 6.18. The topological polar surface area (TPSA) is 84.5 Å². The van der Waals surface area contributed by atoms with Crippen LogP contribution in [0.1, 0.15) is 30.4 Å². The van der Waals surface area contributed by atoms with Crippen LogP contribution in [0.25, 0.3) is 0 Å². The van der Waals surface area contributed by atoms with Crippen molar-refractivity contribution < 1.29 is 19.1 Å². The lowest BCUT2D eigenvalue weighted by Crippen LogP contribution is -2.37. The van der Waals surface area contributed by atoms with Gasteiger partial charge in [0, 0.05) is 5.69 Å². The van der Waals surface area contributed by atoms with Gasteiger partial charge in [-0.1, -0.05) is 29.8 Å². The van der Waals surface area contributed by atoms with Crippen molar-refractivity contribution in [3.8, 4) is 0 Å². The molecule has 1 aliphatic carbocycles. The molecule has 3 amide bonds. The molecular weight excluding hydrogens is 308 g/mol. The van der Waals surface area contributed by atoms with Crippen LogP contribution >= 0.6 is 0 Å². The van der Waals surface area contributed by atoms with Crippen LogP contribution in [0.2, 0.25) is 0 Å². The van der Waals surface area contributed by atoms with Crippen LogP contribution in [0, 0.1) is 19.8 Å². The number of nitrogens with one attached hydrogen (secondary N) is 2. The van der Waals surface area contributed by atoms with E-state index >= 15 is 0 Å². The number of amides is 3. The fraction of sp³-hybridized carbons (Fsp3) is 0.389. The molecule has 6 heteroatoms. The molecule has 0 bridgehead atoms. The second kappa shape index (κ2) is 8.29. The lowest BCUT2D eigenvalue weighted by Gasteiger charge is -2.10. The van der Waals surface area contributed by atoms with Crippen LogP contribution in [0.4, 0.5) is 10.5 Å². The van der Waals surface area contributed by atoms with Gasteiger partial charge in [0.25, 0.3) is 5.91 Å². The smallest absolute Gasteiger partial charge is 0.325 e. The van der Waals surface area contributed by atoms with Crippen LogP contribution in [0.5, 0.6) is 0 Å². The Hall–Kier alpha value is -2.63. The van der Waals surface area contributed by atoms with Gasteiger partial charge in [-0.3, -0.25) is 14.9 Å². The number of carbonyl (C=O) groups is 3. The minimum atomic E-state index is -0.660. The van der Waals surface area contributed by atoms with E-state index in [-0.39, 0.29) is 12.3 Å². The van der Waals surface area contributed by atoms with Gasteiger partial charge < -0.3 is 10.1 Å². The van der Waals surface area contributed by atoms with Crippen molar-refractivity contribution in [2.45, 2.75) is 33.1 Å². The van der Waals surface area contributed by atoms with Crippen molar-refractivity contribution in [3.05, 3.63) is 41.5 Å². The van der Waals surface area contributed by atoms with Crippen molar-refractivity contribution >= 4 is 23.6 Å². The van der Waals surface area contributed by atoms with Crippen LogP contribution < -0.4 is 10.6 Å². The van der Waals surface area contributed by atoms with Crippen LogP contribution in [-0.2, 0) is 14.3 Å². The summed E-state index contributed by atoms with van der Waals surface area (Å²) in [5.74, 6) is -0.905. The fourth-order valence-electron chi connectivity index (χ4n) is 2.55. The molecule has 0 spiro atoms. The number of hydrogen-bond donors (Lipinski definition) is 2. The zero-order valence-electron chi connectivity index (χ0n) is 13.9. The number of aryl methyl sites for hydroxylation is 2. The van der Waals surface area contributed by atoms with E-state index in [1.807, 2.05) is 38.1 Å². The first-order valence-electron chi connectivity index (χ1n) is 7.94. The Morgan fingerprint density at radius 1 is 1.25 bits per heavy atom. The molecule has 1 aliphatic rings. The summed E-state index contributed by atoms with van der Waals surface area (Å²) < 4.78 is 4.89. The highest BCUT2D eigenvalue weighted by molar-refractivity contribution is 6.02. The first-order chi connectivity index (χ1) is 11.4. The minimum Gasteiger partial charge on any atom is -0.456 e. The SMILES string of the molecule is Cc1ccc(NC(=O)NC(=O)COC(=O)C[C@H]2C=CCC2)c(C)c1. The van der Waals surface area contributed by atoms with Crippen molar-refractivity contribution in [3.63, 3.8) is 0 Å². The summed E-state index contributed by atoms with van der Waals surface area (Å²) in [6, 6.07) is 4.91. The number of carbonyl (C=O) groups excluding carboxylic acids is 3. The second-order valence-corrected chi connectivity index (χ2v) is 5.95. The number of urea groups is 1. The normalized spacial score (nSPS) is 15.8. The van der Waals surface area contributed by atoms with Crippen molar-refractivity contribution in [2.24, 2.45) is 5.92 Å². The molecule has 0 heterocycles. The van der Waals surface area contributed by atoms with Crippen molar-refractivity contribution in [2.75, 3.05) is 11.9 Å². The van der Waals surface area contributed by atoms with Crippen LogP contribution in [0.3, 0.4) is 0 Å². The number of esters is 1. The Kier molecular flexibility index (Phi) is 6.12. The van der Waals surface area contributed by atoms with Gasteiger partial charge in [-0.25, -0.2) is 4.79 Å². The summed E-state index contributed by atoms with van der Waals surface area (Å²) in [6.45, 7) is 3.36. The predicted octanol–water partition coefficient (Wildman–Crippen LogP) is 2.85. The zero-order valence-corrected chi connectivity index (χ0v) is 13.9. The number of benzene rings is 1. The summed E-state index contributed by atoms with van der Waals surface area (Å²) in [5.41, 5.74) is 2.60. The van der Waals surface area contributed by atoms with Gasteiger partial charge in [0.1, 0.15) is 0 Å². The van der Waals surface area contributed by atoms with E-state index in [1.165, 1.54) is 0 Å². The number of anilines is 1. The summed E-state index contributed by atoms with van der Waals surface area (Å²) >= 11 is 0. The van der Waals surface area contributed by atoms with Gasteiger partial charge in [-0.05, 0) is 44.2 Å².